The zero-order valence-electron chi connectivity index (χ0n) is 15.1. The molecule has 0 aromatic carbocycles. The van der Waals surface area contributed by atoms with Crippen molar-refractivity contribution in [2.45, 2.75) is 71.5 Å². The molecular formula is C19H31NO4. The third-order valence-corrected chi connectivity index (χ3v) is 7.14. The van der Waals surface area contributed by atoms with Gasteiger partial charge in [0, 0.05) is 31.7 Å². The molecule has 5 heteroatoms. The first-order valence-electron chi connectivity index (χ1n) is 9.42. The minimum Gasteiger partial charge on any atom is -0.462 e. The summed E-state index contributed by atoms with van der Waals surface area (Å²) in [7, 11) is 0. The van der Waals surface area contributed by atoms with E-state index in [-0.39, 0.29) is 35.4 Å². The fraction of sp³-hybridized carbons (Fsp3) is 0.895. The Morgan fingerprint density at radius 3 is 2.54 bits per heavy atom. The lowest BCUT2D eigenvalue weighted by Gasteiger charge is -2.53. The minimum absolute atomic E-state index is 0.0271. The van der Waals surface area contributed by atoms with Crippen molar-refractivity contribution in [2.24, 2.45) is 29.1 Å². The molecule has 3 aliphatic rings. The van der Waals surface area contributed by atoms with Crippen LogP contribution in [-0.4, -0.2) is 35.7 Å². The lowest BCUT2D eigenvalue weighted by molar-refractivity contribution is -0.157. The summed E-state index contributed by atoms with van der Waals surface area (Å²) in [5, 5.41) is 13.4. The molecule has 0 aliphatic heterocycles. The van der Waals surface area contributed by atoms with Crippen molar-refractivity contribution in [1.82, 2.24) is 5.32 Å². The first-order chi connectivity index (χ1) is 11.3. The smallest absolute Gasteiger partial charge is 0.302 e. The van der Waals surface area contributed by atoms with E-state index in [2.05, 4.69) is 12.2 Å². The molecule has 3 fully saturated rings. The second-order valence-electron chi connectivity index (χ2n) is 8.40. The summed E-state index contributed by atoms with van der Waals surface area (Å²) >= 11 is 0. The third-order valence-electron chi connectivity index (χ3n) is 7.14. The van der Waals surface area contributed by atoms with Gasteiger partial charge in [0.05, 0.1) is 6.10 Å². The molecule has 24 heavy (non-hydrogen) atoms. The zero-order valence-corrected chi connectivity index (χ0v) is 15.1. The highest BCUT2D eigenvalue weighted by molar-refractivity contribution is 5.72. The molecular weight excluding hydrogens is 306 g/mol. The van der Waals surface area contributed by atoms with Crippen molar-refractivity contribution in [1.29, 1.82) is 0 Å². The number of fused-ring (bicyclic) bond motifs is 3. The lowest BCUT2D eigenvalue weighted by atomic mass is 9.53. The van der Waals surface area contributed by atoms with E-state index in [9.17, 15) is 14.7 Å². The second kappa shape index (κ2) is 6.66. The van der Waals surface area contributed by atoms with Crippen molar-refractivity contribution in [3.63, 3.8) is 0 Å². The van der Waals surface area contributed by atoms with Gasteiger partial charge in [-0.25, -0.2) is 0 Å². The highest BCUT2D eigenvalue weighted by atomic mass is 16.5. The number of nitrogens with one attached hydrogen (secondary N) is 1. The van der Waals surface area contributed by atoms with E-state index in [0.717, 1.165) is 38.5 Å². The fourth-order valence-corrected chi connectivity index (χ4v) is 6.02. The van der Waals surface area contributed by atoms with Crippen LogP contribution in [-0.2, 0) is 14.3 Å². The largest absolute Gasteiger partial charge is 0.462 e. The van der Waals surface area contributed by atoms with E-state index >= 15 is 0 Å². The van der Waals surface area contributed by atoms with Crippen LogP contribution in [0.1, 0.15) is 59.3 Å². The highest BCUT2D eigenvalue weighted by Crippen LogP contribution is 2.60. The molecule has 5 unspecified atom stereocenters. The molecule has 3 saturated carbocycles. The number of esters is 1. The number of hydrogen-bond donors (Lipinski definition) is 2. The van der Waals surface area contributed by atoms with Gasteiger partial charge < -0.3 is 15.2 Å². The monoisotopic (exact) mass is 337 g/mol. The van der Waals surface area contributed by atoms with Gasteiger partial charge in [0.15, 0.2) is 0 Å². The molecule has 0 heterocycles. The SMILES string of the molecule is CC(=O)NC[C@@H]1C2CCC3(C)C(OC(C)=O)CCC3C2CC[C@H]1O. The number of aliphatic hydroxyl groups excluding tert-OH is 1. The zero-order chi connectivity index (χ0) is 17.5. The van der Waals surface area contributed by atoms with Gasteiger partial charge in [-0.1, -0.05) is 6.92 Å². The molecule has 0 bridgehead atoms. The van der Waals surface area contributed by atoms with Crippen LogP contribution in [0.5, 0.6) is 0 Å². The average molecular weight is 337 g/mol. The van der Waals surface area contributed by atoms with Crippen LogP contribution in [0, 0.1) is 29.1 Å². The number of ether oxygens (including phenoxy) is 1. The van der Waals surface area contributed by atoms with E-state index in [1.165, 1.54) is 13.8 Å². The topological polar surface area (TPSA) is 75.6 Å². The molecule has 0 spiro atoms. The molecule has 2 N–H and O–H groups in total. The van der Waals surface area contributed by atoms with Gasteiger partial charge in [-0.05, 0) is 56.3 Å². The normalized spacial score (nSPS) is 44.3. The van der Waals surface area contributed by atoms with Crippen LogP contribution in [0.2, 0.25) is 0 Å². The molecule has 3 aliphatic carbocycles. The lowest BCUT2D eigenvalue weighted by Crippen LogP contribution is -2.52. The third kappa shape index (κ3) is 3.07. The van der Waals surface area contributed by atoms with Crippen LogP contribution in [0.4, 0.5) is 0 Å². The summed E-state index contributed by atoms with van der Waals surface area (Å²) < 4.78 is 5.64. The van der Waals surface area contributed by atoms with Gasteiger partial charge >= 0.3 is 5.97 Å². The molecule has 1 amide bonds. The molecule has 0 saturated heterocycles. The summed E-state index contributed by atoms with van der Waals surface area (Å²) in [6, 6.07) is 0. The first-order valence-corrected chi connectivity index (χ1v) is 9.42. The number of amides is 1. The Kier molecular flexibility index (Phi) is 4.92. The van der Waals surface area contributed by atoms with E-state index < -0.39 is 0 Å². The summed E-state index contributed by atoms with van der Waals surface area (Å²) in [6.07, 6.45) is 5.76. The molecule has 136 valence electrons. The minimum atomic E-state index is -0.312. The average Bonchev–Trinajstić information content (AvgIpc) is 2.82. The maximum absolute atomic E-state index is 11.4. The molecule has 0 aromatic heterocycles. The van der Waals surface area contributed by atoms with E-state index in [1.807, 2.05) is 0 Å². The van der Waals surface area contributed by atoms with Crippen molar-refractivity contribution in [3.8, 4) is 0 Å². The Hall–Kier alpha value is -1.10. The van der Waals surface area contributed by atoms with E-state index in [1.54, 1.807) is 0 Å². The quantitative estimate of drug-likeness (QED) is 0.775. The molecule has 7 atom stereocenters. The van der Waals surface area contributed by atoms with Gasteiger partial charge in [0.1, 0.15) is 6.10 Å². The van der Waals surface area contributed by atoms with Crippen molar-refractivity contribution in [3.05, 3.63) is 0 Å². The highest BCUT2D eigenvalue weighted by Gasteiger charge is 2.57. The predicted molar refractivity (Wildman–Crippen MR) is 90.0 cm³/mol. The van der Waals surface area contributed by atoms with Crippen LogP contribution in [0.15, 0.2) is 0 Å². The van der Waals surface area contributed by atoms with Crippen molar-refractivity contribution >= 4 is 11.9 Å². The second-order valence-corrected chi connectivity index (χ2v) is 8.40. The van der Waals surface area contributed by atoms with Crippen molar-refractivity contribution in [2.75, 3.05) is 6.54 Å². The van der Waals surface area contributed by atoms with Crippen molar-refractivity contribution < 1.29 is 19.4 Å². The van der Waals surface area contributed by atoms with Crippen LogP contribution in [0.3, 0.4) is 0 Å². The van der Waals surface area contributed by atoms with Gasteiger partial charge in [-0.2, -0.15) is 0 Å². The number of carbonyl (C=O) groups is 2. The van der Waals surface area contributed by atoms with Gasteiger partial charge in [0.25, 0.3) is 0 Å². The summed E-state index contributed by atoms with van der Waals surface area (Å²) in [5.74, 6) is 1.56. The van der Waals surface area contributed by atoms with E-state index in [4.69, 9.17) is 4.74 Å². The summed E-state index contributed by atoms with van der Waals surface area (Å²) in [5.41, 5.74) is 0.0771. The maximum Gasteiger partial charge on any atom is 0.302 e. The first kappa shape index (κ1) is 17.7. The number of hydrogen-bond acceptors (Lipinski definition) is 4. The Bertz CT molecular complexity index is 508. The Balaban J connectivity index is 1.75. The Morgan fingerprint density at radius 2 is 1.88 bits per heavy atom. The van der Waals surface area contributed by atoms with Gasteiger partial charge in [-0.3, -0.25) is 9.59 Å². The fourth-order valence-electron chi connectivity index (χ4n) is 6.02. The van der Waals surface area contributed by atoms with Gasteiger partial charge in [-0.15, -0.1) is 0 Å². The van der Waals surface area contributed by atoms with E-state index in [0.29, 0.717) is 24.3 Å². The van der Waals surface area contributed by atoms with Crippen LogP contribution in [0.25, 0.3) is 0 Å². The Morgan fingerprint density at radius 1 is 1.12 bits per heavy atom. The molecule has 5 nitrogen and oxygen atoms in total. The number of aliphatic hydroxyl groups is 1. The molecule has 0 radical (unpaired) electrons. The number of rotatable bonds is 3. The standard InChI is InChI=1S/C19H31NO4/c1-11(21)20-10-15-13-8-9-19(3)16(14(13)4-6-17(15)23)5-7-18(19)24-12(2)22/h13-18,23H,4-10H2,1-3H3,(H,20,21)/t13?,14?,15-,16?,17-,18?,19?/m1/s1. The predicted octanol–water partition coefficient (Wildman–Crippen LogP) is 2.27. The summed E-state index contributed by atoms with van der Waals surface area (Å²) in [6.45, 7) is 5.91. The maximum atomic E-state index is 11.4. The van der Waals surface area contributed by atoms with Gasteiger partial charge in [0.2, 0.25) is 5.91 Å². The van der Waals surface area contributed by atoms with Crippen LogP contribution < -0.4 is 5.32 Å². The van der Waals surface area contributed by atoms with Crippen LogP contribution >= 0.6 is 0 Å². The Labute approximate surface area is 144 Å². The molecule has 0 aromatic rings. The number of carbonyl (C=O) groups excluding carboxylic acids is 2. The molecule has 3 rings (SSSR count). The summed E-state index contributed by atoms with van der Waals surface area (Å²) in [4.78, 5) is 22.7.